The molecule has 1 aromatic carbocycles. The van der Waals surface area contributed by atoms with Gasteiger partial charge in [-0.05, 0) is 66.2 Å². The standard InChI is InChI=1S/C26H45NO3/c1-11-30-25(28)13-12-24(19(8)9)27(29)20(10)26-22(17(4)5)14-21(16(2)3)15-23(26)18(6)7/h14-20,24,29H,11-13H2,1-10H3. The second kappa shape index (κ2) is 11.9. The van der Waals surface area contributed by atoms with Crippen molar-refractivity contribution in [3.63, 3.8) is 0 Å². The molecule has 0 spiro atoms. The number of esters is 1. The lowest BCUT2D eigenvalue weighted by molar-refractivity contribution is -0.172. The molecule has 2 unspecified atom stereocenters. The van der Waals surface area contributed by atoms with Gasteiger partial charge in [-0.15, -0.1) is 0 Å². The van der Waals surface area contributed by atoms with Gasteiger partial charge in [0.05, 0.1) is 12.6 Å². The summed E-state index contributed by atoms with van der Waals surface area (Å²) >= 11 is 0. The molecule has 1 N–H and O–H groups in total. The summed E-state index contributed by atoms with van der Waals surface area (Å²) in [6.07, 6.45) is 0.899. The fraction of sp³-hybridized carbons (Fsp3) is 0.731. The van der Waals surface area contributed by atoms with Gasteiger partial charge in [-0.3, -0.25) is 4.79 Å². The summed E-state index contributed by atoms with van der Waals surface area (Å²) in [5.41, 5.74) is 5.20. The Labute approximate surface area is 185 Å². The Hall–Kier alpha value is -1.39. The Kier molecular flexibility index (Phi) is 10.5. The maximum atomic E-state index is 11.9. The molecular weight excluding hydrogens is 374 g/mol. The zero-order valence-corrected chi connectivity index (χ0v) is 21.0. The average Bonchev–Trinajstić information content (AvgIpc) is 2.65. The molecule has 0 heterocycles. The fourth-order valence-corrected chi connectivity index (χ4v) is 4.18. The molecule has 1 rings (SSSR count). The predicted octanol–water partition coefficient (Wildman–Crippen LogP) is 7.18. The van der Waals surface area contributed by atoms with Crippen molar-refractivity contribution in [2.45, 2.75) is 112 Å². The summed E-state index contributed by atoms with van der Waals surface area (Å²) in [4.78, 5) is 11.9. The van der Waals surface area contributed by atoms with E-state index < -0.39 is 0 Å². The van der Waals surface area contributed by atoms with Crippen LogP contribution in [0, 0.1) is 5.92 Å². The molecule has 0 aliphatic carbocycles. The van der Waals surface area contributed by atoms with E-state index in [9.17, 15) is 10.0 Å². The van der Waals surface area contributed by atoms with Crippen molar-refractivity contribution in [3.05, 3.63) is 34.4 Å². The Morgan fingerprint density at radius 2 is 1.43 bits per heavy atom. The Bertz CT molecular complexity index is 650. The molecular formula is C26H45NO3. The van der Waals surface area contributed by atoms with Crippen LogP contribution in [0.5, 0.6) is 0 Å². The van der Waals surface area contributed by atoms with Crippen molar-refractivity contribution in [2.75, 3.05) is 6.61 Å². The van der Waals surface area contributed by atoms with Crippen LogP contribution in [0.1, 0.15) is 128 Å². The first kappa shape index (κ1) is 26.6. The van der Waals surface area contributed by atoms with Crippen LogP contribution < -0.4 is 0 Å². The zero-order valence-electron chi connectivity index (χ0n) is 21.0. The number of rotatable bonds is 11. The van der Waals surface area contributed by atoms with E-state index in [0.717, 1.165) is 0 Å². The van der Waals surface area contributed by atoms with E-state index in [1.54, 1.807) is 0 Å². The Balaban J connectivity index is 3.37. The van der Waals surface area contributed by atoms with E-state index in [2.05, 4.69) is 74.4 Å². The van der Waals surface area contributed by atoms with Crippen molar-refractivity contribution in [3.8, 4) is 0 Å². The molecule has 0 saturated carbocycles. The molecule has 0 aliphatic heterocycles. The molecule has 0 saturated heterocycles. The molecule has 172 valence electrons. The van der Waals surface area contributed by atoms with Crippen LogP contribution in [-0.2, 0) is 9.53 Å². The highest BCUT2D eigenvalue weighted by molar-refractivity contribution is 5.69. The van der Waals surface area contributed by atoms with Crippen LogP contribution in [0.3, 0.4) is 0 Å². The van der Waals surface area contributed by atoms with E-state index in [1.807, 2.05) is 6.92 Å². The van der Waals surface area contributed by atoms with Crippen molar-refractivity contribution >= 4 is 5.97 Å². The van der Waals surface area contributed by atoms with Gasteiger partial charge in [0.1, 0.15) is 0 Å². The summed E-state index contributed by atoms with van der Waals surface area (Å²) in [7, 11) is 0. The first-order valence-corrected chi connectivity index (χ1v) is 11.7. The van der Waals surface area contributed by atoms with Gasteiger partial charge in [-0.25, -0.2) is 0 Å². The highest BCUT2D eigenvalue weighted by Gasteiger charge is 2.30. The predicted molar refractivity (Wildman–Crippen MR) is 125 cm³/mol. The first-order valence-electron chi connectivity index (χ1n) is 11.7. The summed E-state index contributed by atoms with van der Waals surface area (Å²) in [6.45, 7) is 21.9. The van der Waals surface area contributed by atoms with Gasteiger partial charge in [0.25, 0.3) is 0 Å². The average molecular weight is 420 g/mol. The molecule has 1 aromatic rings. The van der Waals surface area contributed by atoms with Crippen molar-refractivity contribution in [2.24, 2.45) is 5.92 Å². The molecule has 30 heavy (non-hydrogen) atoms. The third-order valence-electron chi connectivity index (χ3n) is 6.05. The van der Waals surface area contributed by atoms with Crippen LogP contribution in [0.15, 0.2) is 12.1 Å². The minimum absolute atomic E-state index is 0.116. The number of carbonyl (C=O) groups excluding carboxylic acids is 1. The first-order chi connectivity index (χ1) is 13.9. The molecule has 0 bridgehead atoms. The topological polar surface area (TPSA) is 49.8 Å². The van der Waals surface area contributed by atoms with Gasteiger partial charge in [0.15, 0.2) is 0 Å². The van der Waals surface area contributed by atoms with E-state index in [4.69, 9.17) is 4.74 Å². The third kappa shape index (κ3) is 6.81. The highest BCUT2D eigenvalue weighted by Crippen LogP contribution is 2.38. The number of nitrogens with zero attached hydrogens (tertiary/aromatic N) is 1. The van der Waals surface area contributed by atoms with Gasteiger partial charge in [-0.1, -0.05) is 67.5 Å². The number of benzene rings is 1. The molecule has 0 aliphatic rings. The number of ether oxygens (including phenoxy) is 1. The lowest BCUT2D eigenvalue weighted by atomic mass is 9.81. The number of hydroxylamine groups is 2. The molecule has 4 nitrogen and oxygen atoms in total. The van der Waals surface area contributed by atoms with Gasteiger partial charge in [-0.2, -0.15) is 5.06 Å². The van der Waals surface area contributed by atoms with Crippen LogP contribution >= 0.6 is 0 Å². The second-order valence-electron chi connectivity index (χ2n) is 9.79. The minimum Gasteiger partial charge on any atom is -0.466 e. The Morgan fingerprint density at radius 1 is 0.933 bits per heavy atom. The molecule has 0 radical (unpaired) electrons. The molecule has 0 fully saturated rings. The SMILES string of the molecule is CCOC(=O)CCC(C(C)C)N(O)C(C)c1c(C(C)C)cc(C(C)C)cc1C(C)C. The van der Waals surface area contributed by atoms with Gasteiger partial charge < -0.3 is 9.94 Å². The van der Waals surface area contributed by atoms with Crippen LogP contribution in [-0.4, -0.2) is 28.9 Å². The van der Waals surface area contributed by atoms with Crippen LogP contribution in [0.25, 0.3) is 0 Å². The maximum Gasteiger partial charge on any atom is 0.305 e. The van der Waals surface area contributed by atoms with E-state index >= 15 is 0 Å². The zero-order chi connectivity index (χ0) is 23.2. The summed E-state index contributed by atoms with van der Waals surface area (Å²) in [5, 5.41) is 12.8. The number of carbonyl (C=O) groups is 1. The second-order valence-corrected chi connectivity index (χ2v) is 9.79. The lowest BCUT2D eigenvalue weighted by Crippen LogP contribution is -2.39. The van der Waals surface area contributed by atoms with Gasteiger partial charge in [0, 0.05) is 12.5 Å². The van der Waals surface area contributed by atoms with Crippen molar-refractivity contribution < 1.29 is 14.7 Å². The molecule has 0 aromatic heterocycles. The van der Waals surface area contributed by atoms with Gasteiger partial charge >= 0.3 is 5.97 Å². The minimum atomic E-state index is -0.198. The van der Waals surface area contributed by atoms with Crippen molar-refractivity contribution in [1.82, 2.24) is 5.06 Å². The summed E-state index contributed by atoms with van der Waals surface area (Å²) in [6, 6.07) is 4.37. The molecule has 2 atom stereocenters. The largest absolute Gasteiger partial charge is 0.466 e. The van der Waals surface area contributed by atoms with E-state index in [1.165, 1.54) is 27.3 Å². The number of hydrogen-bond acceptors (Lipinski definition) is 4. The Morgan fingerprint density at radius 3 is 1.80 bits per heavy atom. The lowest BCUT2D eigenvalue weighted by Gasteiger charge is -2.37. The van der Waals surface area contributed by atoms with Gasteiger partial charge in [0.2, 0.25) is 0 Å². The quantitative estimate of drug-likeness (QED) is 0.305. The smallest absolute Gasteiger partial charge is 0.305 e. The number of hydrogen-bond donors (Lipinski definition) is 1. The fourth-order valence-electron chi connectivity index (χ4n) is 4.18. The van der Waals surface area contributed by atoms with E-state index in [0.29, 0.717) is 37.2 Å². The monoisotopic (exact) mass is 419 g/mol. The van der Waals surface area contributed by atoms with Crippen LogP contribution in [0.4, 0.5) is 0 Å². The third-order valence-corrected chi connectivity index (χ3v) is 6.05. The maximum absolute atomic E-state index is 11.9. The molecule has 4 heteroatoms. The van der Waals surface area contributed by atoms with E-state index in [-0.39, 0.29) is 24.0 Å². The highest BCUT2D eigenvalue weighted by atomic mass is 16.5. The summed E-state index contributed by atoms with van der Waals surface area (Å²) in [5.74, 6) is 1.21. The normalized spacial score (nSPS) is 14.3. The van der Waals surface area contributed by atoms with Crippen molar-refractivity contribution in [1.29, 1.82) is 0 Å². The van der Waals surface area contributed by atoms with Crippen LogP contribution in [0.2, 0.25) is 0 Å². The molecule has 0 amide bonds. The summed E-state index contributed by atoms with van der Waals surface area (Å²) < 4.78 is 5.09.